The van der Waals surface area contributed by atoms with Crippen molar-refractivity contribution in [3.63, 3.8) is 0 Å². The molecule has 2 saturated heterocycles. The Bertz CT molecular complexity index is 905. The minimum Gasteiger partial charge on any atom is -0.367 e. The molecule has 1 amide bonds. The lowest BCUT2D eigenvalue weighted by Gasteiger charge is -2.30. The monoisotopic (exact) mass is 396 g/mol. The van der Waals surface area contributed by atoms with E-state index in [9.17, 15) is 4.79 Å². The standard InChI is InChI=1S/C20H24N6OS/c1-28-26-8-4-16(5-9-26)24-18-10-17-15(12-23-18)2-6-22-19(17)20(27)25-7-3-14(11-21)13-25/h2,6,10,12,14,16H,3-5,7-9,13H2,1H3,(H,23,24). The van der Waals surface area contributed by atoms with Gasteiger partial charge in [0.25, 0.3) is 5.91 Å². The SMILES string of the molecule is CSN1CCC(Nc2cc3c(C(=O)N4CCC(C#N)C4)nccc3cn2)CC1. The number of hydrogen-bond acceptors (Lipinski definition) is 7. The summed E-state index contributed by atoms with van der Waals surface area (Å²) in [5, 5.41) is 14.3. The molecule has 1 unspecified atom stereocenters. The van der Waals surface area contributed by atoms with E-state index >= 15 is 0 Å². The van der Waals surface area contributed by atoms with Crippen molar-refractivity contribution in [1.29, 1.82) is 5.26 Å². The second kappa shape index (κ2) is 8.33. The third kappa shape index (κ3) is 3.91. The zero-order valence-electron chi connectivity index (χ0n) is 16.0. The van der Waals surface area contributed by atoms with E-state index in [0.29, 0.717) is 24.8 Å². The first kappa shape index (κ1) is 19.0. The van der Waals surface area contributed by atoms with Gasteiger partial charge in [-0.1, -0.05) is 11.9 Å². The maximum atomic E-state index is 13.0. The van der Waals surface area contributed by atoms with Crippen LogP contribution >= 0.6 is 11.9 Å². The number of pyridine rings is 2. The number of amides is 1. The fourth-order valence-corrected chi connectivity index (χ4v) is 4.48. The average molecular weight is 397 g/mol. The van der Waals surface area contributed by atoms with Crippen molar-refractivity contribution in [2.24, 2.45) is 5.92 Å². The Morgan fingerprint density at radius 2 is 2.11 bits per heavy atom. The van der Waals surface area contributed by atoms with E-state index in [0.717, 1.165) is 48.9 Å². The molecule has 0 saturated carbocycles. The molecule has 2 aromatic heterocycles. The Hall–Kier alpha value is -2.37. The predicted molar refractivity (Wildman–Crippen MR) is 111 cm³/mol. The van der Waals surface area contributed by atoms with Crippen LogP contribution in [0.3, 0.4) is 0 Å². The fourth-order valence-electron chi connectivity index (χ4n) is 3.91. The lowest BCUT2D eigenvalue weighted by atomic mass is 10.1. The van der Waals surface area contributed by atoms with Crippen molar-refractivity contribution in [1.82, 2.24) is 19.2 Å². The van der Waals surface area contributed by atoms with Gasteiger partial charge in [-0.3, -0.25) is 14.1 Å². The third-order valence-corrected chi connectivity index (χ3v) is 6.45. The van der Waals surface area contributed by atoms with E-state index in [1.54, 1.807) is 29.2 Å². The maximum absolute atomic E-state index is 13.0. The normalized spacial score (nSPS) is 21.0. The van der Waals surface area contributed by atoms with Crippen molar-refractivity contribution in [2.45, 2.75) is 25.3 Å². The molecule has 0 spiro atoms. The number of aromatic nitrogens is 2. The summed E-state index contributed by atoms with van der Waals surface area (Å²) in [6.45, 7) is 3.22. The molecule has 7 nitrogen and oxygen atoms in total. The Kier molecular flexibility index (Phi) is 5.64. The zero-order chi connectivity index (χ0) is 19.5. The Morgan fingerprint density at radius 3 is 2.82 bits per heavy atom. The summed E-state index contributed by atoms with van der Waals surface area (Å²) in [5.74, 6) is 0.604. The van der Waals surface area contributed by atoms with Gasteiger partial charge in [-0.2, -0.15) is 5.26 Å². The Morgan fingerprint density at radius 1 is 1.29 bits per heavy atom. The molecule has 8 heteroatoms. The van der Waals surface area contributed by atoms with Crippen LogP contribution in [0.4, 0.5) is 5.82 Å². The van der Waals surface area contributed by atoms with Crippen LogP contribution in [0.1, 0.15) is 29.8 Å². The lowest BCUT2D eigenvalue weighted by Crippen LogP contribution is -2.35. The number of anilines is 1. The molecule has 2 aliphatic heterocycles. The number of piperidine rings is 1. The number of fused-ring (bicyclic) bond motifs is 1. The second-order valence-corrected chi connectivity index (χ2v) is 8.23. The van der Waals surface area contributed by atoms with Crippen molar-refractivity contribution >= 4 is 34.4 Å². The number of hydrogen-bond donors (Lipinski definition) is 1. The molecular formula is C20H24N6OS. The van der Waals surface area contributed by atoms with Gasteiger partial charge in [0.15, 0.2) is 0 Å². The predicted octanol–water partition coefficient (Wildman–Crippen LogP) is 2.77. The molecule has 0 aliphatic carbocycles. The van der Waals surface area contributed by atoms with E-state index in [1.165, 1.54) is 0 Å². The van der Waals surface area contributed by atoms with E-state index in [2.05, 4.69) is 31.9 Å². The number of nitrogens with zero attached hydrogens (tertiary/aromatic N) is 5. The highest BCUT2D eigenvalue weighted by molar-refractivity contribution is 7.96. The quantitative estimate of drug-likeness (QED) is 0.796. The summed E-state index contributed by atoms with van der Waals surface area (Å²) < 4.78 is 2.37. The van der Waals surface area contributed by atoms with Crippen molar-refractivity contribution < 1.29 is 4.79 Å². The molecular weight excluding hydrogens is 372 g/mol. The second-order valence-electron chi connectivity index (χ2n) is 7.35. The molecule has 2 aliphatic rings. The van der Waals surface area contributed by atoms with E-state index in [-0.39, 0.29) is 11.8 Å². The van der Waals surface area contributed by atoms with Crippen LogP contribution in [0.2, 0.25) is 0 Å². The molecule has 2 fully saturated rings. The number of rotatable bonds is 4. The molecule has 4 rings (SSSR count). The van der Waals surface area contributed by atoms with E-state index in [1.807, 2.05) is 12.1 Å². The van der Waals surface area contributed by atoms with E-state index < -0.39 is 0 Å². The summed E-state index contributed by atoms with van der Waals surface area (Å²) in [5.41, 5.74) is 0.443. The van der Waals surface area contributed by atoms with Crippen LogP contribution in [0.25, 0.3) is 10.8 Å². The largest absolute Gasteiger partial charge is 0.367 e. The van der Waals surface area contributed by atoms with Gasteiger partial charge in [-0.15, -0.1) is 0 Å². The Balaban J connectivity index is 1.54. The zero-order valence-corrected chi connectivity index (χ0v) is 16.8. The van der Waals surface area contributed by atoms with Crippen molar-refractivity contribution in [2.75, 3.05) is 37.8 Å². The van der Waals surface area contributed by atoms with E-state index in [4.69, 9.17) is 5.26 Å². The van der Waals surface area contributed by atoms with Crippen LogP contribution in [0.5, 0.6) is 0 Å². The van der Waals surface area contributed by atoms with Crippen LogP contribution in [0.15, 0.2) is 24.5 Å². The number of carbonyl (C=O) groups is 1. The minimum absolute atomic E-state index is 0.0787. The molecule has 146 valence electrons. The number of nitrogens with one attached hydrogen (secondary N) is 1. The van der Waals surface area contributed by atoms with Crippen LogP contribution in [-0.4, -0.2) is 63.6 Å². The molecule has 1 N–H and O–H groups in total. The fraction of sp³-hybridized carbons (Fsp3) is 0.500. The topological polar surface area (TPSA) is 85.2 Å². The molecule has 0 aromatic carbocycles. The number of nitriles is 1. The summed E-state index contributed by atoms with van der Waals surface area (Å²) in [6, 6.07) is 6.46. The number of likely N-dealkylation sites (tertiary alicyclic amines) is 1. The molecule has 1 atom stereocenters. The number of carbonyl (C=O) groups excluding carboxylic acids is 1. The van der Waals surface area contributed by atoms with Gasteiger partial charge in [0.2, 0.25) is 0 Å². The maximum Gasteiger partial charge on any atom is 0.273 e. The van der Waals surface area contributed by atoms with Gasteiger partial charge in [0, 0.05) is 55.4 Å². The molecule has 2 aromatic rings. The summed E-state index contributed by atoms with van der Waals surface area (Å²) in [4.78, 5) is 23.6. The third-order valence-electron chi connectivity index (χ3n) is 5.57. The molecule has 0 bridgehead atoms. The van der Waals surface area contributed by atoms with Crippen molar-refractivity contribution in [3.8, 4) is 6.07 Å². The van der Waals surface area contributed by atoms with Crippen LogP contribution in [-0.2, 0) is 0 Å². The van der Waals surface area contributed by atoms with Crippen molar-refractivity contribution in [3.05, 3.63) is 30.2 Å². The van der Waals surface area contributed by atoms with Gasteiger partial charge in [0.05, 0.1) is 12.0 Å². The lowest BCUT2D eigenvalue weighted by molar-refractivity contribution is 0.0786. The average Bonchev–Trinajstić information content (AvgIpc) is 3.23. The van der Waals surface area contributed by atoms with Gasteiger partial charge in [-0.25, -0.2) is 4.98 Å². The highest BCUT2D eigenvalue weighted by atomic mass is 32.2. The van der Waals surface area contributed by atoms with Gasteiger partial charge < -0.3 is 10.2 Å². The van der Waals surface area contributed by atoms with Gasteiger partial charge in [-0.05, 0) is 37.7 Å². The summed E-state index contributed by atoms with van der Waals surface area (Å²) >= 11 is 1.79. The first-order valence-corrected chi connectivity index (χ1v) is 10.9. The molecule has 0 radical (unpaired) electrons. The smallest absolute Gasteiger partial charge is 0.273 e. The van der Waals surface area contributed by atoms with Crippen LogP contribution < -0.4 is 5.32 Å². The highest BCUT2D eigenvalue weighted by Crippen LogP contribution is 2.25. The first-order valence-electron chi connectivity index (χ1n) is 9.67. The summed E-state index contributed by atoms with van der Waals surface area (Å²) in [7, 11) is 0. The molecule has 28 heavy (non-hydrogen) atoms. The van der Waals surface area contributed by atoms with Gasteiger partial charge in [0.1, 0.15) is 11.5 Å². The minimum atomic E-state index is -0.103. The first-order chi connectivity index (χ1) is 13.7. The Labute approximate surface area is 169 Å². The van der Waals surface area contributed by atoms with Crippen LogP contribution in [0, 0.1) is 17.2 Å². The van der Waals surface area contributed by atoms with Gasteiger partial charge >= 0.3 is 0 Å². The highest BCUT2D eigenvalue weighted by Gasteiger charge is 2.28. The molecule has 4 heterocycles. The summed E-state index contributed by atoms with van der Waals surface area (Å²) in [6.07, 6.45) is 8.44.